The summed E-state index contributed by atoms with van der Waals surface area (Å²) in [5.74, 6) is -0.920. The molecule has 0 aliphatic heterocycles. The summed E-state index contributed by atoms with van der Waals surface area (Å²) in [5.41, 5.74) is 6.20. The van der Waals surface area contributed by atoms with Crippen molar-refractivity contribution in [3.63, 3.8) is 0 Å². The topological polar surface area (TPSA) is 55.1 Å². The predicted molar refractivity (Wildman–Crippen MR) is 73.0 cm³/mol. The molecule has 5 heteroatoms. The van der Waals surface area contributed by atoms with Crippen molar-refractivity contribution in [2.75, 3.05) is 13.1 Å². The maximum Gasteiger partial charge on any atom is 0.223 e. The molecule has 1 aliphatic rings. The van der Waals surface area contributed by atoms with Gasteiger partial charge in [-0.15, -0.1) is 0 Å². The molecule has 1 aromatic rings. The van der Waals surface area contributed by atoms with E-state index in [1.165, 1.54) is 12.1 Å². The van der Waals surface area contributed by atoms with Gasteiger partial charge in [-0.05, 0) is 49.4 Å². The third-order valence-electron chi connectivity index (χ3n) is 3.93. The Morgan fingerprint density at radius 2 is 1.95 bits per heavy atom. The number of amides is 1. The van der Waals surface area contributed by atoms with Crippen molar-refractivity contribution >= 4 is 5.91 Å². The van der Waals surface area contributed by atoms with Gasteiger partial charge in [-0.3, -0.25) is 4.79 Å². The number of carbonyl (C=O) groups excluding carboxylic acids is 1. The van der Waals surface area contributed by atoms with E-state index in [-0.39, 0.29) is 17.7 Å². The number of rotatable bonds is 5. The Kier molecular flexibility index (Phi) is 5.06. The quantitative estimate of drug-likeness (QED) is 0.868. The zero-order valence-electron chi connectivity index (χ0n) is 11.4. The van der Waals surface area contributed by atoms with Crippen LogP contribution in [0.1, 0.15) is 24.8 Å². The monoisotopic (exact) mass is 282 g/mol. The summed E-state index contributed by atoms with van der Waals surface area (Å²) < 4.78 is 26.0. The first-order valence-corrected chi connectivity index (χ1v) is 7.03. The lowest BCUT2D eigenvalue weighted by atomic mass is 9.95. The third kappa shape index (κ3) is 3.76. The van der Waals surface area contributed by atoms with Gasteiger partial charge in [0.1, 0.15) is 11.6 Å². The molecule has 3 nitrogen and oxygen atoms in total. The first-order valence-electron chi connectivity index (χ1n) is 7.03. The lowest BCUT2D eigenvalue weighted by Gasteiger charge is -2.17. The van der Waals surface area contributed by atoms with E-state index in [0.717, 1.165) is 25.3 Å². The molecule has 0 unspecified atom stereocenters. The summed E-state index contributed by atoms with van der Waals surface area (Å²) in [7, 11) is 0. The Hall–Kier alpha value is -1.49. The van der Waals surface area contributed by atoms with Crippen molar-refractivity contribution in [3.8, 4) is 0 Å². The average Bonchev–Trinajstić information content (AvgIpc) is 2.85. The van der Waals surface area contributed by atoms with Crippen molar-refractivity contribution < 1.29 is 13.6 Å². The van der Waals surface area contributed by atoms with Gasteiger partial charge < -0.3 is 11.1 Å². The molecule has 2 atom stereocenters. The summed E-state index contributed by atoms with van der Waals surface area (Å²) in [4.78, 5) is 12.0. The SMILES string of the molecule is NC[C@H]1CCC[C@H]1C(=O)NCCc1cc(F)cc(F)c1. The molecular formula is C15H20F2N2O. The Labute approximate surface area is 117 Å². The van der Waals surface area contributed by atoms with Gasteiger partial charge in [0.2, 0.25) is 5.91 Å². The summed E-state index contributed by atoms with van der Waals surface area (Å²) >= 11 is 0. The molecule has 2 rings (SSSR count). The van der Waals surface area contributed by atoms with E-state index in [2.05, 4.69) is 5.32 Å². The molecule has 0 aromatic heterocycles. The predicted octanol–water partition coefficient (Wildman–Crippen LogP) is 2.00. The first kappa shape index (κ1) is 14.9. The molecule has 0 saturated heterocycles. The second-order valence-corrected chi connectivity index (χ2v) is 5.35. The molecule has 20 heavy (non-hydrogen) atoms. The highest BCUT2D eigenvalue weighted by atomic mass is 19.1. The molecule has 1 saturated carbocycles. The fourth-order valence-electron chi connectivity index (χ4n) is 2.88. The first-order chi connectivity index (χ1) is 9.60. The van der Waals surface area contributed by atoms with Crippen LogP contribution in [0.2, 0.25) is 0 Å². The van der Waals surface area contributed by atoms with Gasteiger partial charge in [0.15, 0.2) is 0 Å². The smallest absolute Gasteiger partial charge is 0.223 e. The summed E-state index contributed by atoms with van der Waals surface area (Å²) in [5, 5.41) is 2.84. The van der Waals surface area contributed by atoms with Gasteiger partial charge in [0.25, 0.3) is 0 Å². The fourth-order valence-corrected chi connectivity index (χ4v) is 2.88. The average molecular weight is 282 g/mol. The Morgan fingerprint density at radius 3 is 2.60 bits per heavy atom. The van der Waals surface area contributed by atoms with Gasteiger partial charge in [-0.25, -0.2) is 8.78 Å². The van der Waals surface area contributed by atoms with Crippen LogP contribution in [0, 0.1) is 23.5 Å². The highest BCUT2D eigenvalue weighted by Gasteiger charge is 2.31. The molecule has 0 heterocycles. The molecule has 0 bridgehead atoms. The van der Waals surface area contributed by atoms with Crippen LogP contribution in [0.3, 0.4) is 0 Å². The van der Waals surface area contributed by atoms with Crippen LogP contribution >= 0.6 is 0 Å². The number of halogens is 2. The van der Waals surface area contributed by atoms with Crippen molar-refractivity contribution in [2.24, 2.45) is 17.6 Å². The van der Waals surface area contributed by atoms with Gasteiger partial charge >= 0.3 is 0 Å². The lowest BCUT2D eigenvalue weighted by Crippen LogP contribution is -2.36. The molecule has 1 aromatic carbocycles. The van der Waals surface area contributed by atoms with Crippen LogP contribution in [0.4, 0.5) is 8.78 Å². The fraction of sp³-hybridized carbons (Fsp3) is 0.533. The van der Waals surface area contributed by atoms with Crippen LogP contribution in [0.15, 0.2) is 18.2 Å². The number of nitrogens with two attached hydrogens (primary N) is 1. The molecule has 0 radical (unpaired) electrons. The molecular weight excluding hydrogens is 262 g/mol. The van der Waals surface area contributed by atoms with Crippen LogP contribution in [-0.4, -0.2) is 19.0 Å². The summed E-state index contributed by atoms with van der Waals surface area (Å²) in [6, 6.07) is 3.41. The Bertz CT molecular complexity index is 459. The van der Waals surface area contributed by atoms with E-state index in [4.69, 9.17) is 5.73 Å². The van der Waals surface area contributed by atoms with Crippen molar-refractivity contribution in [2.45, 2.75) is 25.7 Å². The Morgan fingerprint density at radius 1 is 1.25 bits per heavy atom. The largest absolute Gasteiger partial charge is 0.356 e. The molecule has 1 amide bonds. The minimum absolute atomic E-state index is 0.00910. The number of benzene rings is 1. The van der Waals surface area contributed by atoms with Crippen molar-refractivity contribution in [1.29, 1.82) is 0 Å². The number of carbonyl (C=O) groups is 1. The molecule has 110 valence electrons. The van der Waals surface area contributed by atoms with Gasteiger partial charge in [-0.2, -0.15) is 0 Å². The van der Waals surface area contributed by atoms with E-state index in [9.17, 15) is 13.6 Å². The zero-order chi connectivity index (χ0) is 14.5. The van der Waals surface area contributed by atoms with Gasteiger partial charge in [0.05, 0.1) is 0 Å². The van der Waals surface area contributed by atoms with Gasteiger partial charge in [0, 0.05) is 18.5 Å². The summed E-state index contributed by atoms with van der Waals surface area (Å²) in [6.45, 7) is 0.919. The highest BCUT2D eigenvalue weighted by Crippen LogP contribution is 2.30. The van der Waals surface area contributed by atoms with Crippen LogP contribution < -0.4 is 11.1 Å². The number of hydrogen-bond acceptors (Lipinski definition) is 2. The minimum atomic E-state index is -0.592. The maximum absolute atomic E-state index is 13.0. The lowest BCUT2D eigenvalue weighted by molar-refractivity contribution is -0.125. The van der Waals surface area contributed by atoms with E-state index >= 15 is 0 Å². The van der Waals surface area contributed by atoms with E-state index < -0.39 is 11.6 Å². The third-order valence-corrected chi connectivity index (χ3v) is 3.93. The molecule has 3 N–H and O–H groups in total. The second-order valence-electron chi connectivity index (χ2n) is 5.35. The minimum Gasteiger partial charge on any atom is -0.356 e. The van der Waals surface area contributed by atoms with E-state index in [1.54, 1.807) is 0 Å². The highest BCUT2D eigenvalue weighted by molar-refractivity contribution is 5.79. The van der Waals surface area contributed by atoms with Crippen LogP contribution in [-0.2, 0) is 11.2 Å². The molecule has 1 aliphatic carbocycles. The standard InChI is InChI=1S/C15H20F2N2O/c16-12-6-10(7-13(17)8-12)4-5-19-15(20)14-3-1-2-11(14)9-18/h6-8,11,14H,1-5,9,18H2,(H,19,20)/t11-,14-/m1/s1. The molecule has 1 fully saturated rings. The van der Waals surface area contributed by atoms with Crippen molar-refractivity contribution in [1.82, 2.24) is 5.32 Å². The maximum atomic E-state index is 13.0. The van der Waals surface area contributed by atoms with E-state index in [1.807, 2.05) is 0 Å². The second kappa shape index (κ2) is 6.79. The molecule has 0 spiro atoms. The zero-order valence-corrected chi connectivity index (χ0v) is 11.4. The van der Waals surface area contributed by atoms with Crippen LogP contribution in [0.25, 0.3) is 0 Å². The summed E-state index contributed by atoms with van der Waals surface area (Å²) in [6.07, 6.45) is 3.33. The van der Waals surface area contributed by atoms with Crippen LogP contribution in [0.5, 0.6) is 0 Å². The van der Waals surface area contributed by atoms with E-state index in [0.29, 0.717) is 25.1 Å². The van der Waals surface area contributed by atoms with Gasteiger partial charge in [-0.1, -0.05) is 6.42 Å². The number of hydrogen-bond donors (Lipinski definition) is 2. The number of nitrogens with one attached hydrogen (secondary N) is 1. The Balaban J connectivity index is 1.82. The normalized spacial score (nSPS) is 21.9. The van der Waals surface area contributed by atoms with Crippen molar-refractivity contribution in [3.05, 3.63) is 35.4 Å².